The van der Waals surface area contributed by atoms with E-state index in [2.05, 4.69) is 9.97 Å². The van der Waals surface area contributed by atoms with Crippen LogP contribution >= 0.6 is 11.8 Å². The topological polar surface area (TPSA) is 72.1 Å². The molecular formula is C11H18N4OS. The van der Waals surface area contributed by atoms with Crippen molar-refractivity contribution in [3.05, 3.63) is 11.8 Å². The molecule has 0 atom stereocenters. The van der Waals surface area contributed by atoms with Crippen LogP contribution in [-0.4, -0.2) is 39.6 Å². The lowest BCUT2D eigenvalue weighted by atomic mass is 10.4. The minimum absolute atomic E-state index is 0.101. The Balaban J connectivity index is 2.58. The van der Waals surface area contributed by atoms with E-state index in [0.29, 0.717) is 16.7 Å². The van der Waals surface area contributed by atoms with Crippen molar-refractivity contribution in [1.29, 1.82) is 0 Å². The fraction of sp³-hybridized carbons (Fsp3) is 0.545. The highest BCUT2D eigenvalue weighted by molar-refractivity contribution is 7.99. The number of aryl methyl sites for hydroxylation is 1. The van der Waals surface area contributed by atoms with Crippen LogP contribution in [-0.2, 0) is 4.79 Å². The predicted molar refractivity (Wildman–Crippen MR) is 69.8 cm³/mol. The third-order valence-corrected chi connectivity index (χ3v) is 3.13. The maximum absolute atomic E-state index is 11.8. The van der Waals surface area contributed by atoms with Gasteiger partial charge in [0.1, 0.15) is 5.82 Å². The van der Waals surface area contributed by atoms with Crippen molar-refractivity contribution in [2.75, 3.05) is 24.6 Å². The van der Waals surface area contributed by atoms with Crippen molar-refractivity contribution in [1.82, 2.24) is 14.9 Å². The van der Waals surface area contributed by atoms with E-state index in [-0.39, 0.29) is 5.91 Å². The molecule has 5 nitrogen and oxygen atoms in total. The van der Waals surface area contributed by atoms with Gasteiger partial charge < -0.3 is 10.6 Å². The smallest absolute Gasteiger partial charge is 0.233 e. The number of nitrogens with zero attached hydrogens (tertiary/aromatic N) is 3. The van der Waals surface area contributed by atoms with Gasteiger partial charge in [0.2, 0.25) is 5.91 Å². The standard InChI is InChI=1S/C11H18N4OS/c1-4-15(5-2)10(16)7-17-11-13-8(3)6-9(12)14-11/h6H,4-5,7H2,1-3H3,(H2,12,13,14). The molecule has 0 saturated carbocycles. The van der Waals surface area contributed by atoms with Crippen LogP contribution in [0.4, 0.5) is 5.82 Å². The van der Waals surface area contributed by atoms with Crippen LogP contribution in [0.15, 0.2) is 11.2 Å². The molecule has 1 aromatic heterocycles. The van der Waals surface area contributed by atoms with Gasteiger partial charge in [-0.15, -0.1) is 0 Å². The summed E-state index contributed by atoms with van der Waals surface area (Å²) in [6.07, 6.45) is 0. The quantitative estimate of drug-likeness (QED) is 0.634. The van der Waals surface area contributed by atoms with Gasteiger partial charge in [-0.05, 0) is 20.8 Å². The van der Waals surface area contributed by atoms with Crippen molar-refractivity contribution in [2.24, 2.45) is 0 Å². The molecule has 1 amide bonds. The number of carbonyl (C=O) groups excluding carboxylic acids is 1. The van der Waals surface area contributed by atoms with Crippen LogP contribution in [0, 0.1) is 6.92 Å². The second-order valence-corrected chi connectivity index (χ2v) is 4.51. The van der Waals surface area contributed by atoms with Gasteiger partial charge in [-0.1, -0.05) is 11.8 Å². The number of aromatic nitrogens is 2. The highest BCUT2D eigenvalue weighted by Crippen LogP contribution is 2.15. The molecule has 0 aliphatic heterocycles. The number of carbonyl (C=O) groups is 1. The summed E-state index contributed by atoms with van der Waals surface area (Å²) in [5.41, 5.74) is 6.43. The van der Waals surface area contributed by atoms with Crippen LogP contribution in [0.25, 0.3) is 0 Å². The van der Waals surface area contributed by atoms with Crippen molar-refractivity contribution < 1.29 is 4.79 Å². The molecule has 1 rings (SSSR count). The fourth-order valence-electron chi connectivity index (χ4n) is 1.42. The molecule has 0 fully saturated rings. The first-order valence-corrected chi connectivity index (χ1v) is 6.57. The van der Waals surface area contributed by atoms with E-state index < -0.39 is 0 Å². The van der Waals surface area contributed by atoms with E-state index in [4.69, 9.17) is 5.73 Å². The monoisotopic (exact) mass is 254 g/mol. The first kappa shape index (κ1) is 13.8. The zero-order chi connectivity index (χ0) is 12.8. The summed E-state index contributed by atoms with van der Waals surface area (Å²) in [5, 5.41) is 0.558. The van der Waals surface area contributed by atoms with Crippen molar-refractivity contribution >= 4 is 23.5 Å². The van der Waals surface area contributed by atoms with Gasteiger partial charge in [0.15, 0.2) is 5.16 Å². The number of anilines is 1. The van der Waals surface area contributed by atoms with Crippen LogP contribution < -0.4 is 5.73 Å². The maximum atomic E-state index is 11.8. The Morgan fingerprint density at radius 1 is 1.41 bits per heavy atom. The Kier molecular flexibility index (Phi) is 5.21. The molecule has 0 aliphatic carbocycles. The Morgan fingerprint density at radius 3 is 2.59 bits per heavy atom. The first-order chi connectivity index (χ1) is 8.06. The van der Waals surface area contributed by atoms with Gasteiger partial charge in [-0.3, -0.25) is 4.79 Å². The molecule has 0 bridgehead atoms. The molecule has 0 aliphatic rings. The largest absolute Gasteiger partial charge is 0.384 e. The summed E-state index contributed by atoms with van der Waals surface area (Å²) in [4.78, 5) is 21.8. The number of thioether (sulfide) groups is 1. The average molecular weight is 254 g/mol. The molecule has 1 heterocycles. The van der Waals surface area contributed by atoms with Gasteiger partial charge in [0, 0.05) is 24.8 Å². The summed E-state index contributed by atoms with van der Waals surface area (Å²) in [6, 6.07) is 1.70. The number of amides is 1. The molecule has 6 heteroatoms. The molecule has 1 aromatic rings. The number of nitrogen functional groups attached to an aromatic ring is 1. The fourth-order valence-corrected chi connectivity index (χ4v) is 2.24. The molecule has 2 N–H and O–H groups in total. The van der Waals surface area contributed by atoms with Crippen LogP contribution in [0.2, 0.25) is 0 Å². The van der Waals surface area contributed by atoms with Crippen molar-refractivity contribution in [3.63, 3.8) is 0 Å². The third-order valence-electron chi connectivity index (χ3n) is 2.29. The minimum Gasteiger partial charge on any atom is -0.384 e. The summed E-state index contributed by atoms with van der Waals surface area (Å²) in [5.74, 6) is 0.892. The average Bonchev–Trinajstić information content (AvgIpc) is 2.27. The maximum Gasteiger partial charge on any atom is 0.233 e. The van der Waals surface area contributed by atoms with Crippen LogP contribution in [0.1, 0.15) is 19.5 Å². The molecule has 0 unspecified atom stereocenters. The number of nitrogens with two attached hydrogens (primary N) is 1. The van der Waals surface area contributed by atoms with Gasteiger partial charge in [0.05, 0.1) is 5.75 Å². The lowest BCUT2D eigenvalue weighted by molar-refractivity contribution is -0.127. The molecule has 17 heavy (non-hydrogen) atoms. The minimum atomic E-state index is 0.101. The van der Waals surface area contributed by atoms with E-state index in [0.717, 1.165) is 18.8 Å². The van der Waals surface area contributed by atoms with E-state index in [9.17, 15) is 4.79 Å². The van der Waals surface area contributed by atoms with E-state index in [1.54, 1.807) is 11.0 Å². The van der Waals surface area contributed by atoms with Gasteiger partial charge in [-0.2, -0.15) is 0 Å². The van der Waals surface area contributed by atoms with Gasteiger partial charge >= 0.3 is 0 Å². The van der Waals surface area contributed by atoms with E-state index in [1.807, 2.05) is 20.8 Å². The lowest BCUT2D eigenvalue weighted by Gasteiger charge is -2.17. The predicted octanol–water partition coefficient (Wildman–Crippen LogP) is 1.33. The lowest BCUT2D eigenvalue weighted by Crippen LogP contribution is -2.31. The van der Waals surface area contributed by atoms with Gasteiger partial charge in [0.25, 0.3) is 0 Å². The van der Waals surface area contributed by atoms with Gasteiger partial charge in [-0.25, -0.2) is 9.97 Å². The molecule has 0 radical (unpaired) electrons. The summed E-state index contributed by atoms with van der Waals surface area (Å²) in [6.45, 7) is 7.24. The normalized spacial score (nSPS) is 10.3. The summed E-state index contributed by atoms with van der Waals surface area (Å²) < 4.78 is 0. The zero-order valence-electron chi connectivity index (χ0n) is 10.4. The Bertz CT molecular complexity index is 373. The molecule has 0 saturated heterocycles. The Hall–Kier alpha value is -1.30. The Morgan fingerprint density at radius 2 is 2.06 bits per heavy atom. The third kappa shape index (κ3) is 4.22. The molecule has 0 spiro atoms. The second kappa shape index (κ2) is 6.44. The number of rotatable bonds is 5. The number of hydrogen-bond acceptors (Lipinski definition) is 5. The number of hydrogen-bond donors (Lipinski definition) is 1. The zero-order valence-corrected chi connectivity index (χ0v) is 11.3. The molecule has 94 valence electrons. The molecule has 0 aromatic carbocycles. The van der Waals surface area contributed by atoms with E-state index in [1.165, 1.54) is 11.8 Å². The SMILES string of the molecule is CCN(CC)C(=O)CSc1nc(C)cc(N)n1. The second-order valence-electron chi connectivity index (χ2n) is 3.57. The van der Waals surface area contributed by atoms with Crippen molar-refractivity contribution in [2.45, 2.75) is 25.9 Å². The highest BCUT2D eigenvalue weighted by atomic mass is 32.2. The summed E-state index contributed by atoms with van der Waals surface area (Å²) >= 11 is 1.32. The van der Waals surface area contributed by atoms with Crippen LogP contribution in [0.3, 0.4) is 0 Å². The van der Waals surface area contributed by atoms with E-state index >= 15 is 0 Å². The molecular weight excluding hydrogens is 236 g/mol. The first-order valence-electron chi connectivity index (χ1n) is 5.58. The van der Waals surface area contributed by atoms with Crippen molar-refractivity contribution in [3.8, 4) is 0 Å². The van der Waals surface area contributed by atoms with Crippen LogP contribution in [0.5, 0.6) is 0 Å². The summed E-state index contributed by atoms with van der Waals surface area (Å²) in [7, 11) is 0. The highest BCUT2D eigenvalue weighted by Gasteiger charge is 2.11. The Labute approximate surface area is 106 Å².